The van der Waals surface area contributed by atoms with E-state index >= 15 is 0 Å². The van der Waals surface area contributed by atoms with Gasteiger partial charge in [-0.15, -0.1) is 0 Å². The Hall–Kier alpha value is -0.450. The number of nitrogens with zero attached hydrogens (tertiary/aromatic N) is 1. The van der Waals surface area contributed by atoms with Crippen molar-refractivity contribution in [2.24, 2.45) is 5.92 Å². The van der Waals surface area contributed by atoms with E-state index in [2.05, 4.69) is 18.7 Å². The van der Waals surface area contributed by atoms with Gasteiger partial charge in [0.2, 0.25) is 0 Å². The van der Waals surface area contributed by atoms with Crippen LogP contribution in [-0.4, -0.2) is 54.7 Å². The molecular formula is C17H29NO3. The van der Waals surface area contributed by atoms with Gasteiger partial charge in [0.1, 0.15) is 0 Å². The summed E-state index contributed by atoms with van der Waals surface area (Å²) in [5.74, 6) is 0.590. The molecule has 0 aromatic heterocycles. The minimum Gasteiger partial charge on any atom is -0.378 e. The summed E-state index contributed by atoms with van der Waals surface area (Å²) in [6.07, 6.45) is 6.05. The molecule has 3 atom stereocenters. The van der Waals surface area contributed by atoms with E-state index in [-0.39, 0.29) is 17.1 Å². The third-order valence-electron chi connectivity index (χ3n) is 5.95. The predicted octanol–water partition coefficient (Wildman–Crippen LogP) is 2.41. The lowest BCUT2D eigenvalue weighted by atomic mass is 9.75. The number of rotatable bonds is 4. The van der Waals surface area contributed by atoms with Crippen LogP contribution in [0.25, 0.3) is 0 Å². The Morgan fingerprint density at radius 2 is 2.10 bits per heavy atom. The van der Waals surface area contributed by atoms with E-state index in [1.54, 1.807) is 0 Å². The van der Waals surface area contributed by atoms with Gasteiger partial charge in [-0.2, -0.15) is 0 Å². The maximum atomic E-state index is 13.2. The van der Waals surface area contributed by atoms with Crippen LogP contribution in [0.3, 0.4) is 0 Å². The lowest BCUT2D eigenvalue weighted by Gasteiger charge is -2.43. The van der Waals surface area contributed by atoms with Crippen LogP contribution in [0.4, 0.5) is 0 Å². The molecular weight excluding hydrogens is 266 g/mol. The second kappa shape index (κ2) is 5.98. The number of Topliss-reactive ketones (excluding diaryl/α,β-unsaturated/α-hetero) is 1. The number of hydrogen-bond acceptors (Lipinski definition) is 4. The van der Waals surface area contributed by atoms with E-state index in [1.807, 2.05) is 0 Å². The number of carbonyl (C=O) groups excluding carboxylic acids is 1. The maximum Gasteiger partial charge on any atom is 0.156 e. The molecule has 0 aromatic carbocycles. The van der Waals surface area contributed by atoms with Crippen LogP contribution in [-0.2, 0) is 14.3 Å². The summed E-state index contributed by atoms with van der Waals surface area (Å²) in [5, 5.41) is 0. The largest absolute Gasteiger partial charge is 0.378 e. The van der Waals surface area contributed by atoms with Crippen molar-refractivity contribution in [2.45, 2.75) is 63.5 Å². The summed E-state index contributed by atoms with van der Waals surface area (Å²) in [7, 11) is 0. The first-order valence-electron chi connectivity index (χ1n) is 8.61. The third-order valence-corrected chi connectivity index (χ3v) is 5.95. The SMILES string of the molecule is CCC(C)(C(=O)C1CCOC2(CCOC2)C1)N1CCCC1. The van der Waals surface area contributed by atoms with Crippen molar-refractivity contribution in [3.8, 4) is 0 Å². The minimum atomic E-state index is -0.279. The molecule has 3 unspecified atom stereocenters. The molecule has 0 radical (unpaired) electrons. The number of carbonyl (C=O) groups is 1. The highest BCUT2D eigenvalue weighted by atomic mass is 16.6. The highest BCUT2D eigenvalue weighted by molar-refractivity contribution is 5.90. The Balaban J connectivity index is 1.73. The first kappa shape index (κ1) is 15.4. The van der Waals surface area contributed by atoms with E-state index in [1.165, 1.54) is 12.8 Å². The van der Waals surface area contributed by atoms with Crippen LogP contribution < -0.4 is 0 Å². The summed E-state index contributed by atoms with van der Waals surface area (Å²) in [6.45, 7) is 8.63. The quantitative estimate of drug-likeness (QED) is 0.798. The van der Waals surface area contributed by atoms with Crippen molar-refractivity contribution >= 4 is 5.78 Å². The molecule has 1 spiro atoms. The van der Waals surface area contributed by atoms with Crippen LogP contribution in [0.15, 0.2) is 0 Å². The molecule has 3 aliphatic rings. The van der Waals surface area contributed by atoms with Gasteiger partial charge in [0.15, 0.2) is 5.78 Å². The molecule has 3 rings (SSSR count). The van der Waals surface area contributed by atoms with Crippen molar-refractivity contribution in [2.75, 3.05) is 32.9 Å². The normalized spacial score (nSPS) is 37.0. The van der Waals surface area contributed by atoms with Gasteiger partial charge in [-0.25, -0.2) is 0 Å². The van der Waals surface area contributed by atoms with Crippen molar-refractivity contribution in [3.63, 3.8) is 0 Å². The molecule has 0 bridgehead atoms. The van der Waals surface area contributed by atoms with Gasteiger partial charge in [-0.1, -0.05) is 6.92 Å². The molecule has 4 nitrogen and oxygen atoms in total. The Morgan fingerprint density at radius 3 is 2.71 bits per heavy atom. The summed E-state index contributed by atoms with van der Waals surface area (Å²) < 4.78 is 11.5. The van der Waals surface area contributed by atoms with Crippen molar-refractivity contribution in [3.05, 3.63) is 0 Å². The molecule has 21 heavy (non-hydrogen) atoms. The average molecular weight is 295 g/mol. The molecule has 0 saturated carbocycles. The average Bonchev–Trinajstić information content (AvgIpc) is 3.18. The fraction of sp³-hybridized carbons (Fsp3) is 0.941. The molecule has 3 aliphatic heterocycles. The first-order chi connectivity index (χ1) is 10.1. The van der Waals surface area contributed by atoms with E-state index < -0.39 is 0 Å². The topological polar surface area (TPSA) is 38.8 Å². The molecule has 0 amide bonds. The number of ether oxygens (including phenoxy) is 2. The molecule has 120 valence electrons. The van der Waals surface area contributed by atoms with Crippen LogP contribution in [0.1, 0.15) is 52.4 Å². The van der Waals surface area contributed by atoms with Crippen LogP contribution >= 0.6 is 0 Å². The number of likely N-dealkylation sites (tertiary alicyclic amines) is 1. The van der Waals surface area contributed by atoms with Gasteiger partial charge in [0.25, 0.3) is 0 Å². The Labute approximate surface area is 128 Å². The van der Waals surface area contributed by atoms with Crippen LogP contribution in [0.2, 0.25) is 0 Å². The van der Waals surface area contributed by atoms with Crippen LogP contribution in [0, 0.1) is 5.92 Å². The summed E-state index contributed by atoms with van der Waals surface area (Å²) in [4.78, 5) is 15.7. The Morgan fingerprint density at radius 1 is 1.33 bits per heavy atom. The Kier molecular flexibility index (Phi) is 4.40. The summed E-state index contributed by atoms with van der Waals surface area (Å²) >= 11 is 0. The zero-order valence-corrected chi connectivity index (χ0v) is 13.5. The highest BCUT2D eigenvalue weighted by Gasteiger charge is 2.48. The molecule has 4 heteroatoms. The molecule has 3 fully saturated rings. The van der Waals surface area contributed by atoms with Crippen molar-refractivity contribution < 1.29 is 14.3 Å². The van der Waals surface area contributed by atoms with Gasteiger partial charge < -0.3 is 9.47 Å². The maximum absolute atomic E-state index is 13.2. The molecule has 0 aromatic rings. The van der Waals surface area contributed by atoms with E-state index in [0.29, 0.717) is 19.0 Å². The van der Waals surface area contributed by atoms with Gasteiger partial charge in [-0.05, 0) is 52.1 Å². The standard InChI is InChI=1S/C17H29NO3/c1-3-16(2,18-8-4-5-9-18)15(19)14-6-10-21-17(12-14)7-11-20-13-17/h14H,3-13H2,1-2H3. The van der Waals surface area contributed by atoms with E-state index in [0.717, 1.165) is 45.4 Å². The lowest BCUT2D eigenvalue weighted by Crippen LogP contribution is -2.55. The van der Waals surface area contributed by atoms with Crippen molar-refractivity contribution in [1.82, 2.24) is 4.90 Å². The zero-order chi connectivity index (χ0) is 14.9. The van der Waals surface area contributed by atoms with E-state index in [4.69, 9.17) is 9.47 Å². The van der Waals surface area contributed by atoms with Gasteiger partial charge in [0, 0.05) is 25.6 Å². The minimum absolute atomic E-state index is 0.144. The third kappa shape index (κ3) is 2.78. The van der Waals surface area contributed by atoms with Crippen molar-refractivity contribution in [1.29, 1.82) is 0 Å². The van der Waals surface area contributed by atoms with Gasteiger partial charge >= 0.3 is 0 Å². The fourth-order valence-corrected chi connectivity index (χ4v) is 4.32. The number of ketones is 1. The number of hydrogen-bond donors (Lipinski definition) is 0. The molecule has 0 N–H and O–H groups in total. The van der Waals surface area contributed by atoms with Crippen LogP contribution in [0.5, 0.6) is 0 Å². The summed E-state index contributed by atoms with van der Waals surface area (Å²) in [6, 6.07) is 0. The summed E-state index contributed by atoms with van der Waals surface area (Å²) in [5.41, 5.74) is -0.447. The first-order valence-corrected chi connectivity index (χ1v) is 8.61. The zero-order valence-electron chi connectivity index (χ0n) is 13.5. The lowest BCUT2D eigenvalue weighted by molar-refractivity contribution is -0.147. The van der Waals surface area contributed by atoms with Gasteiger partial charge in [-0.3, -0.25) is 9.69 Å². The Bertz CT molecular complexity index is 385. The second-order valence-corrected chi connectivity index (χ2v) is 7.21. The molecule has 3 heterocycles. The molecule has 3 saturated heterocycles. The highest BCUT2D eigenvalue weighted by Crippen LogP contribution is 2.39. The predicted molar refractivity (Wildman–Crippen MR) is 81.4 cm³/mol. The molecule has 0 aliphatic carbocycles. The van der Waals surface area contributed by atoms with E-state index in [9.17, 15) is 4.79 Å². The fourth-order valence-electron chi connectivity index (χ4n) is 4.32. The monoisotopic (exact) mass is 295 g/mol. The smallest absolute Gasteiger partial charge is 0.156 e. The second-order valence-electron chi connectivity index (χ2n) is 7.21. The van der Waals surface area contributed by atoms with Gasteiger partial charge in [0.05, 0.1) is 17.7 Å².